The summed E-state index contributed by atoms with van der Waals surface area (Å²) >= 11 is 6.95. The van der Waals surface area contributed by atoms with Gasteiger partial charge in [0.05, 0.1) is 5.69 Å². The van der Waals surface area contributed by atoms with Gasteiger partial charge in [-0.05, 0) is 44.0 Å². The number of nitrogen functional groups attached to an aromatic ring is 1. The molecule has 16 heavy (non-hydrogen) atoms. The first-order valence-corrected chi connectivity index (χ1v) is 6.32. The Morgan fingerprint density at radius 2 is 1.81 bits per heavy atom. The number of fused-ring (bicyclic) bond motifs is 3. The summed E-state index contributed by atoms with van der Waals surface area (Å²) in [6.07, 6.45) is 0. The fraction of sp³-hybridized carbons (Fsp3) is 0. The Balaban J connectivity index is 2.64. The van der Waals surface area contributed by atoms with Gasteiger partial charge in [-0.15, -0.1) is 0 Å². The largest absolute Gasteiger partial charge is 0.454 e. The first kappa shape index (κ1) is 10.2. The predicted molar refractivity (Wildman–Crippen MR) is 73.5 cm³/mol. The Kier molecular flexibility index (Phi) is 2.23. The van der Waals surface area contributed by atoms with Crippen LogP contribution in [0.3, 0.4) is 0 Å². The van der Waals surface area contributed by atoms with E-state index in [-0.39, 0.29) is 0 Å². The van der Waals surface area contributed by atoms with Crippen molar-refractivity contribution in [2.45, 2.75) is 0 Å². The molecule has 0 bridgehead atoms. The van der Waals surface area contributed by atoms with Crippen molar-refractivity contribution in [3.8, 4) is 0 Å². The topological polar surface area (TPSA) is 39.2 Å². The molecule has 2 N–H and O–H groups in total. The molecule has 2 nitrogen and oxygen atoms in total. The molecule has 0 amide bonds. The van der Waals surface area contributed by atoms with E-state index in [2.05, 4.69) is 31.9 Å². The summed E-state index contributed by atoms with van der Waals surface area (Å²) in [5, 5.41) is 2.10. The second-order valence-electron chi connectivity index (χ2n) is 3.56. The summed E-state index contributed by atoms with van der Waals surface area (Å²) in [5.74, 6) is 0. The molecule has 0 saturated heterocycles. The Labute approximate surface area is 109 Å². The molecule has 3 aromatic rings. The molecule has 0 unspecified atom stereocenters. The highest BCUT2D eigenvalue weighted by Crippen LogP contribution is 2.40. The van der Waals surface area contributed by atoms with Crippen molar-refractivity contribution in [3.63, 3.8) is 0 Å². The number of hydrogen-bond donors (Lipinski definition) is 1. The zero-order chi connectivity index (χ0) is 11.3. The molecule has 2 aromatic carbocycles. The quantitative estimate of drug-likeness (QED) is 0.603. The van der Waals surface area contributed by atoms with E-state index >= 15 is 0 Å². The zero-order valence-electron chi connectivity index (χ0n) is 8.13. The fourth-order valence-corrected chi connectivity index (χ4v) is 3.18. The zero-order valence-corrected chi connectivity index (χ0v) is 11.3. The van der Waals surface area contributed by atoms with E-state index in [4.69, 9.17) is 10.2 Å². The molecular weight excluding hydrogens is 334 g/mol. The molecule has 0 aliphatic carbocycles. The van der Waals surface area contributed by atoms with Crippen molar-refractivity contribution in [3.05, 3.63) is 39.3 Å². The van der Waals surface area contributed by atoms with Crippen LogP contribution in [-0.4, -0.2) is 0 Å². The summed E-state index contributed by atoms with van der Waals surface area (Å²) < 4.78 is 7.58. The smallest absolute Gasteiger partial charge is 0.160 e. The molecule has 0 radical (unpaired) electrons. The molecule has 0 spiro atoms. The molecule has 80 valence electrons. The lowest BCUT2D eigenvalue weighted by Crippen LogP contribution is -1.87. The van der Waals surface area contributed by atoms with Crippen molar-refractivity contribution >= 4 is 59.5 Å². The predicted octanol–water partition coefficient (Wildman–Crippen LogP) is 4.69. The minimum Gasteiger partial charge on any atom is -0.454 e. The second kappa shape index (κ2) is 3.50. The van der Waals surface area contributed by atoms with Gasteiger partial charge in [-0.1, -0.05) is 18.2 Å². The van der Waals surface area contributed by atoms with E-state index in [0.717, 1.165) is 30.9 Å². The van der Waals surface area contributed by atoms with Gasteiger partial charge >= 0.3 is 0 Å². The minimum absolute atomic E-state index is 0.634. The number of rotatable bonds is 0. The molecule has 4 heteroatoms. The third kappa shape index (κ3) is 1.30. The molecule has 1 aromatic heterocycles. The summed E-state index contributed by atoms with van der Waals surface area (Å²) in [4.78, 5) is 0. The average Bonchev–Trinajstić information content (AvgIpc) is 2.65. The molecule has 1 heterocycles. The highest BCUT2D eigenvalue weighted by Gasteiger charge is 2.14. The summed E-state index contributed by atoms with van der Waals surface area (Å²) in [7, 11) is 0. The number of hydrogen-bond acceptors (Lipinski definition) is 2. The second-order valence-corrected chi connectivity index (χ2v) is 5.26. The van der Waals surface area contributed by atoms with Crippen LogP contribution in [0.1, 0.15) is 0 Å². The van der Waals surface area contributed by atoms with Gasteiger partial charge in [0.15, 0.2) is 5.58 Å². The maximum atomic E-state index is 5.99. The fourth-order valence-electron chi connectivity index (χ4n) is 1.84. The normalized spacial score (nSPS) is 11.4. The van der Waals surface area contributed by atoms with Crippen LogP contribution in [0.5, 0.6) is 0 Å². The van der Waals surface area contributed by atoms with Crippen LogP contribution in [0.15, 0.2) is 43.7 Å². The third-order valence-electron chi connectivity index (χ3n) is 2.59. The maximum absolute atomic E-state index is 5.99. The summed E-state index contributed by atoms with van der Waals surface area (Å²) in [5.41, 5.74) is 8.20. The Hall–Kier alpha value is -1.00. The Bertz CT molecular complexity index is 703. The minimum atomic E-state index is 0.634. The first-order valence-electron chi connectivity index (χ1n) is 4.73. The van der Waals surface area contributed by atoms with Gasteiger partial charge in [0.2, 0.25) is 0 Å². The van der Waals surface area contributed by atoms with Crippen LogP contribution in [0.2, 0.25) is 0 Å². The van der Waals surface area contributed by atoms with Crippen LogP contribution in [0, 0.1) is 0 Å². The van der Waals surface area contributed by atoms with Gasteiger partial charge in [0.25, 0.3) is 0 Å². The number of furan rings is 1. The van der Waals surface area contributed by atoms with Crippen molar-refractivity contribution < 1.29 is 4.42 Å². The van der Waals surface area contributed by atoms with Gasteiger partial charge in [-0.25, -0.2) is 0 Å². The van der Waals surface area contributed by atoms with Crippen molar-refractivity contribution in [2.75, 3.05) is 5.73 Å². The van der Waals surface area contributed by atoms with Crippen LogP contribution in [0.25, 0.3) is 21.9 Å². The van der Waals surface area contributed by atoms with E-state index < -0.39 is 0 Å². The van der Waals surface area contributed by atoms with E-state index in [1.807, 2.05) is 30.3 Å². The maximum Gasteiger partial charge on any atom is 0.160 e. The van der Waals surface area contributed by atoms with Gasteiger partial charge in [-0.2, -0.15) is 0 Å². The molecule has 0 atom stereocenters. The van der Waals surface area contributed by atoms with Gasteiger partial charge in [0, 0.05) is 19.7 Å². The highest BCUT2D eigenvalue weighted by atomic mass is 79.9. The van der Waals surface area contributed by atoms with E-state index in [0.29, 0.717) is 5.69 Å². The van der Waals surface area contributed by atoms with E-state index in [1.54, 1.807) is 0 Å². The molecule has 3 rings (SSSR count). The molecule has 0 saturated carbocycles. The van der Waals surface area contributed by atoms with Crippen LogP contribution < -0.4 is 5.73 Å². The number of nitrogens with two attached hydrogens (primary N) is 1. The number of halogens is 2. The SMILES string of the molecule is Nc1c(Br)cc(Br)c2c1oc1ccccc12. The van der Waals surface area contributed by atoms with Crippen LogP contribution in [0.4, 0.5) is 5.69 Å². The highest BCUT2D eigenvalue weighted by molar-refractivity contribution is 9.11. The Morgan fingerprint density at radius 3 is 2.62 bits per heavy atom. The van der Waals surface area contributed by atoms with Gasteiger partial charge in [-0.3, -0.25) is 0 Å². The number of anilines is 1. The molecule has 0 aliphatic rings. The summed E-state index contributed by atoms with van der Waals surface area (Å²) in [6, 6.07) is 9.85. The first-order chi connectivity index (χ1) is 7.68. The van der Waals surface area contributed by atoms with Gasteiger partial charge in [0.1, 0.15) is 5.58 Å². The molecule has 0 aliphatic heterocycles. The van der Waals surface area contributed by atoms with Crippen molar-refractivity contribution in [1.29, 1.82) is 0 Å². The lowest BCUT2D eigenvalue weighted by atomic mass is 10.1. The van der Waals surface area contributed by atoms with Gasteiger partial charge < -0.3 is 10.2 Å². The standard InChI is InChI=1S/C12H7Br2NO/c13-7-5-8(14)11(15)12-10(7)6-3-1-2-4-9(6)16-12/h1-5H,15H2. The number of para-hydroxylation sites is 1. The average molecular weight is 341 g/mol. The number of benzene rings is 2. The summed E-state index contributed by atoms with van der Waals surface area (Å²) in [6.45, 7) is 0. The monoisotopic (exact) mass is 339 g/mol. The molecule has 0 fully saturated rings. The van der Waals surface area contributed by atoms with Crippen LogP contribution in [-0.2, 0) is 0 Å². The third-order valence-corrected chi connectivity index (χ3v) is 3.87. The Morgan fingerprint density at radius 1 is 1.06 bits per heavy atom. The van der Waals surface area contributed by atoms with E-state index in [1.165, 1.54) is 0 Å². The van der Waals surface area contributed by atoms with Crippen molar-refractivity contribution in [2.24, 2.45) is 0 Å². The van der Waals surface area contributed by atoms with E-state index in [9.17, 15) is 0 Å². The lowest BCUT2D eigenvalue weighted by molar-refractivity contribution is 0.670. The van der Waals surface area contributed by atoms with Crippen LogP contribution >= 0.6 is 31.9 Å². The molecular formula is C12H7Br2NO. The lowest BCUT2D eigenvalue weighted by Gasteiger charge is -2.00. The van der Waals surface area contributed by atoms with Crippen molar-refractivity contribution in [1.82, 2.24) is 0 Å².